The number of nitrogens with zero attached hydrogens (tertiary/aromatic N) is 1. The molecular weight excluding hydrogens is 282 g/mol. The van der Waals surface area contributed by atoms with Gasteiger partial charge in [0.2, 0.25) is 5.91 Å². The van der Waals surface area contributed by atoms with Gasteiger partial charge in [-0.25, -0.2) is 0 Å². The molecular formula is C17H23NO4. The minimum atomic E-state index is -0.749. The number of hydrogen-bond donors (Lipinski definition) is 1. The number of carboxylic acids is 1. The van der Waals surface area contributed by atoms with Crippen LogP contribution < -0.4 is 4.74 Å². The first-order valence-electron chi connectivity index (χ1n) is 7.71. The highest BCUT2D eigenvalue weighted by atomic mass is 16.5. The van der Waals surface area contributed by atoms with E-state index in [9.17, 15) is 9.59 Å². The van der Waals surface area contributed by atoms with Gasteiger partial charge >= 0.3 is 5.97 Å². The molecule has 1 aromatic carbocycles. The van der Waals surface area contributed by atoms with E-state index >= 15 is 0 Å². The molecule has 0 spiro atoms. The molecule has 1 aliphatic heterocycles. The molecule has 1 N–H and O–H groups in total. The molecule has 1 heterocycles. The number of carbonyl (C=O) groups is 2. The molecule has 0 aromatic heterocycles. The van der Waals surface area contributed by atoms with Crippen molar-refractivity contribution in [2.24, 2.45) is 5.92 Å². The van der Waals surface area contributed by atoms with Gasteiger partial charge in [-0.05, 0) is 36.8 Å². The summed E-state index contributed by atoms with van der Waals surface area (Å²) in [5.41, 5.74) is 1.04. The topological polar surface area (TPSA) is 66.8 Å². The highest BCUT2D eigenvalue weighted by molar-refractivity contribution is 5.76. The fourth-order valence-corrected chi connectivity index (χ4v) is 2.94. The largest absolute Gasteiger partial charge is 0.496 e. The number of aliphatic carboxylic acids is 1. The van der Waals surface area contributed by atoms with E-state index in [-0.39, 0.29) is 18.2 Å². The van der Waals surface area contributed by atoms with Crippen LogP contribution >= 0.6 is 0 Å². The zero-order valence-electron chi connectivity index (χ0n) is 13.0. The molecule has 0 atom stereocenters. The van der Waals surface area contributed by atoms with Crippen LogP contribution in [0.3, 0.4) is 0 Å². The van der Waals surface area contributed by atoms with E-state index in [1.165, 1.54) is 0 Å². The van der Waals surface area contributed by atoms with Crippen LogP contribution in [0.1, 0.15) is 31.2 Å². The Hall–Kier alpha value is -2.04. The molecule has 5 heteroatoms. The van der Waals surface area contributed by atoms with Gasteiger partial charge in [-0.15, -0.1) is 0 Å². The molecule has 1 aromatic rings. The van der Waals surface area contributed by atoms with Gasteiger partial charge in [0.25, 0.3) is 0 Å². The Morgan fingerprint density at radius 2 is 1.95 bits per heavy atom. The van der Waals surface area contributed by atoms with Crippen molar-refractivity contribution in [2.45, 2.75) is 32.1 Å². The summed E-state index contributed by atoms with van der Waals surface area (Å²) >= 11 is 0. The summed E-state index contributed by atoms with van der Waals surface area (Å²) in [6, 6.07) is 7.74. The maximum Gasteiger partial charge on any atom is 0.303 e. The van der Waals surface area contributed by atoms with Crippen LogP contribution in [0, 0.1) is 5.92 Å². The van der Waals surface area contributed by atoms with Gasteiger partial charge in [-0.1, -0.05) is 18.2 Å². The van der Waals surface area contributed by atoms with Gasteiger partial charge in [0.05, 0.1) is 7.11 Å². The summed E-state index contributed by atoms with van der Waals surface area (Å²) in [5.74, 6) is 0.409. The summed E-state index contributed by atoms with van der Waals surface area (Å²) in [5, 5.41) is 8.81. The van der Waals surface area contributed by atoms with Gasteiger partial charge in [0.15, 0.2) is 0 Å². The summed E-state index contributed by atoms with van der Waals surface area (Å²) in [4.78, 5) is 24.8. The number of benzene rings is 1. The lowest BCUT2D eigenvalue weighted by Crippen LogP contribution is -2.39. The van der Waals surface area contributed by atoms with E-state index in [0.717, 1.165) is 24.2 Å². The molecule has 5 nitrogen and oxygen atoms in total. The normalized spacial score (nSPS) is 15.6. The molecule has 0 aliphatic carbocycles. The summed E-state index contributed by atoms with van der Waals surface area (Å²) in [6.07, 6.45) is 2.91. The number of ether oxygens (including phenoxy) is 1. The average molecular weight is 305 g/mol. The number of amides is 1. The van der Waals surface area contributed by atoms with E-state index < -0.39 is 5.97 Å². The second kappa shape index (κ2) is 7.82. The van der Waals surface area contributed by atoms with Crippen molar-refractivity contribution in [3.63, 3.8) is 0 Å². The highest BCUT2D eigenvalue weighted by Crippen LogP contribution is 2.22. The Balaban J connectivity index is 1.80. The maximum atomic E-state index is 12.3. The lowest BCUT2D eigenvalue weighted by Gasteiger charge is -2.31. The first-order chi connectivity index (χ1) is 10.6. The Morgan fingerprint density at radius 3 is 2.59 bits per heavy atom. The number of para-hydroxylation sites is 1. The molecule has 1 aliphatic rings. The molecule has 22 heavy (non-hydrogen) atoms. The maximum absolute atomic E-state index is 12.3. The Labute approximate surface area is 130 Å². The Morgan fingerprint density at radius 1 is 1.27 bits per heavy atom. The van der Waals surface area contributed by atoms with Crippen LogP contribution in [0.25, 0.3) is 0 Å². The third-order valence-corrected chi connectivity index (χ3v) is 4.23. The van der Waals surface area contributed by atoms with Crippen LogP contribution in [0.5, 0.6) is 5.75 Å². The Bertz CT molecular complexity index is 521. The van der Waals surface area contributed by atoms with Crippen LogP contribution in [0.15, 0.2) is 24.3 Å². The van der Waals surface area contributed by atoms with E-state index in [0.29, 0.717) is 25.9 Å². The van der Waals surface area contributed by atoms with E-state index in [4.69, 9.17) is 9.84 Å². The zero-order chi connectivity index (χ0) is 15.9. The molecule has 0 unspecified atom stereocenters. The second-order valence-electron chi connectivity index (χ2n) is 5.73. The molecule has 0 radical (unpaired) electrons. The van der Waals surface area contributed by atoms with Crippen molar-refractivity contribution < 1.29 is 19.4 Å². The average Bonchev–Trinajstić information content (AvgIpc) is 2.53. The van der Waals surface area contributed by atoms with Crippen molar-refractivity contribution in [1.82, 2.24) is 4.90 Å². The van der Waals surface area contributed by atoms with E-state index in [2.05, 4.69) is 0 Å². The molecule has 120 valence electrons. The number of carboxylic acid groups (broad SMARTS) is 1. The van der Waals surface area contributed by atoms with Gasteiger partial charge in [0, 0.05) is 25.9 Å². The molecule has 1 fully saturated rings. The smallest absolute Gasteiger partial charge is 0.303 e. The number of aryl methyl sites for hydroxylation is 1. The predicted molar refractivity (Wildman–Crippen MR) is 82.9 cm³/mol. The third kappa shape index (κ3) is 4.48. The first-order valence-corrected chi connectivity index (χ1v) is 7.71. The second-order valence-corrected chi connectivity index (χ2v) is 5.73. The van der Waals surface area contributed by atoms with Crippen molar-refractivity contribution in [3.05, 3.63) is 29.8 Å². The van der Waals surface area contributed by atoms with Gasteiger partial charge in [-0.2, -0.15) is 0 Å². The van der Waals surface area contributed by atoms with Crippen LogP contribution in [0.4, 0.5) is 0 Å². The lowest BCUT2D eigenvalue weighted by molar-refractivity contribution is -0.138. The van der Waals surface area contributed by atoms with Gasteiger partial charge in [0.1, 0.15) is 5.75 Å². The van der Waals surface area contributed by atoms with Crippen molar-refractivity contribution in [3.8, 4) is 5.75 Å². The van der Waals surface area contributed by atoms with Crippen molar-refractivity contribution in [2.75, 3.05) is 20.2 Å². The molecule has 2 rings (SSSR count). The Kier molecular flexibility index (Phi) is 5.81. The fourth-order valence-electron chi connectivity index (χ4n) is 2.94. The van der Waals surface area contributed by atoms with Gasteiger partial charge < -0.3 is 14.7 Å². The van der Waals surface area contributed by atoms with E-state index in [1.807, 2.05) is 29.2 Å². The van der Waals surface area contributed by atoms with Crippen LogP contribution in [0.2, 0.25) is 0 Å². The minimum Gasteiger partial charge on any atom is -0.496 e. The van der Waals surface area contributed by atoms with E-state index in [1.54, 1.807) is 7.11 Å². The number of methoxy groups -OCH3 is 1. The number of hydrogen-bond acceptors (Lipinski definition) is 3. The lowest BCUT2D eigenvalue weighted by atomic mass is 9.93. The van der Waals surface area contributed by atoms with Crippen molar-refractivity contribution in [1.29, 1.82) is 0 Å². The van der Waals surface area contributed by atoms with Crippen LogP contribution in [-0.4, -0.2) is 42.1 Å². The fraction of sp³-hybridized carbons (Fsp3) is 0.529. The van der Waals surface area contributed by atoms with Crippen LogP contribution in [-0.2, 0) is 16.0 Å². The number of carbonyl (C=O) groups excluding carboxylic acids is 1. The third-order valence-electron chi connectivity index (χ3n) is 4.23. The van der Waals surface area contributed by atoms with Gasteiger partial charge in [-0.3, -0.25) is 9.59 Å². The number of likely N-dealkylation sites (tertiary alicyclic amines) is 1. The zero-order valence-corrected chi connectivity index (χ0v) is 13.0. The predicted octanol–water partition coefficient (Wildman–Crippen LogP) is 2.34. The molecule has 0 saturated carbocycles. The quantitative estimate of drug-likeness (QED) is 0.876. The first kappa shape index (κ1) is 16.3. The van der Waals surface area contributed by atoms with Crippen molar-refractivity contribution >= 4 is 11.9 Å². The summed E-state index contributed by atoms with van der Waals surface area (Å²) in [6.45, 7) is 1.34. The monoisotopic (exact) mass is 305 g/mol. The summed E-state index contributed by atoms with van der Waals surface area (Å²) in [7, 11) is 1.63. The molecule has 1 amide bonds. The molecule has 0 bridgehead atoms. The summed E-state index contributed by atoms with van der Waals surface area (Å²) < 4.78 is 5.29. The minimum absolute atomic E-state index is 0.139. The number of piperidine rings is 1. The highest BCUT2D eigenvalue weighted by Gasteiger charge is 2.24. The SMILES string of the molecule is COc1ccccc1CCC(=O)N1CCC(CC(=O)O)CC1. The number of rotatable bonds is 6. The standard InChI is InChI=1S/C17H23NO4/c1-22-15-5-3-2-4-14(15)6-7-16(19)18-10-8-13(9-11-18)12-17(20)21/h2-5,13H,6-12H2,1H3,(H,20,21). The molecule has 1 saturated heterocycles.